The Kier molecular flexibility index (Phi) is 5.11. The molecule has 1 rings (SSSR count). The second kappa shape index (κ2) is 6.02. The van der Waals surface area contributed by atoms with Gasteiger partial charge in [0.25, 0.3) is 0 Å². The van der Waals surface area contributed by atoms with Gasteiger partial charge in [-0.1, -0.05) is 30.3 Å². The molecule has 0 saturated heterocycles. The van der Waals surface area contributed by atoms with E-state index in [-0.39, 0.29) is 5.75 Å². The number of benzene rings is 1. The topological polar surface area (TPSA) is 94.3 Å². The van der Waals surface area contributed by atoms with Crippen LogP contribution in [0.2, 0.25) is 0 Å². The van der Waals surface area contributed by atoms with Gasteiger partial charge in [-0.2, -0.15) is 0 Å². The Morgan fingerprint density at radius 3 is 2.05 bits per heavy atom. The normalized spacial score (nSPS) is 15.9. The Balaban J connectivity index is 2.84. The smallest absolute Gasteiger partial charge is 0.155 e. The van der Waals surface area contributed by atoms with E-state index in [2.05, 4.69) is 0 Å². The van der Waals surface area contributed by atoms with Crippen LogP contribution in [0.4, 0.5) is 0 Å². The molecule has 0 fully saturated rings. The van der Waals surface area contributed by atoms with Gasteiger partial charge in [0.05, 0.1) is 16.8 Å². The number of hydrogen-bond acceptors (Lipinski definition) is 5. The molecular formula is C12H19NO4S2. The van der Waals surface area contributed by atoms with Gasteiger partial charge in [0.2, 0.25) is 0 Å². The monoisotopic (exact) mass is 305 g/mol. The molecule has 2 atom stereocenters. The second-order valence-electron chi connectivity index (χ2n) is 4.64. The van der Waals surface area contributed by atoms with Crippen LogP contribution in [0.3, 0.4) is 0 Å². The molecule has 0 aromatic heterocycles. The van der Waals surface area contributed by atoms with E-state index in [1.807, 2.05) is 6.07 Å². The molecule has 0 aliphatic heterocycles. The fourth-order valence-electron chi connectivity index (χ4n) is 1.62. The Bertz CT molecular complexity index is 608. The summed E-state index contributed by atoms with van der Waals surface area (Å²) < 4.78 is 46.2. The highest BCUT2D eigenvalue weighted by Gasteiger charge is 2.28. The van der Waals surface area contributed by atoms with E-state index in [0.29, 0.717) is 0 Å². The summed E-state index contributed by atoms with van der Waals surface area (Å²) in [5.41, 5.74) is 6.66. The molecule has 0 radical (unpaired) electrons. The first-order chi connectivity index (χ1) is 8.63. The minimum atomic E-state index is -3.55. The van der Waals surface area contributed by atoms with Gasteiger partial charge in [0.1, 0.15) is 9.84 Å². The van der Waals surface area contributed by atoms with Gasteiger partial charge < -0.3 is 5.73 Å². The molecule has 19 heavy (non-hydrogen) atoms. The summed E-state index contributed by atoms with van der Waals surface area (Å²) in [7, 11) is -6.85. The van der Waals surface area contributed by atoms with Crippen LogP contribution >= 0.6 is 0 Å². The van der Waals surface area contributed by atoms with Gasteiger partial charge in [-0.25, -0.2) is 16.8 Å². The third-order valence-electron chi connectivity index (χ3n) is 3.00. The van der Waals surface area contributed by atoms with Crippen molar-refractivity contribution in [2.45, 2.75) is 18.2 Å². The Morgan fingerprint density at radius 1 is 1.05 bits per heavy atom. The molecule has 1 aromatic carbocycles. The summed E-state index contributed by atoms with van der Waals surface area (Å²) in [4.78, 5) is 0. The highest BCUT2D eigenvalue weighted by molar-refractivity contribution is 7.95. The predicted molar refractivity (Wildman–Crippen MR) is 76.3 cm³/mol. The standard InChI is InChI=1S/C12H19NO4S2/c1-10(12(13)11-6-4-3-5-7-11)19(16,17)9-8-18(2,14)15/h3-7,10,12H,8-9,13H2,1-2H3. The van der Waals surface area contributed by atoms with Crippen LogP contribution < -0.4 is 5.73 Å². The number of sulfone groups is 2. The van der Waals surface area contributed by atoms with Crippen molar-refractivity contribution in [3.8, 4) is 0 Å². The summed E-state index contributed by atoms with van der Waals surface area (Å²) >= 11 is 0. The van der Waals surface area contributed by atoms with Crippen LogP contribution in [0, 0.1) is 0 Å². The van der Waals surface area contributed by atoms with Crippen molar-refractivity contribution < 1.29 is 16.8 Å². The van der Waals surface area contributed by atoms with Crippen molar-refractivity contribution in [3.05, 3.63) is 35.9 Å². The highest BCUT2D eigenvalue weighted by atomic mass is 32.2. The average molecular weight is 305 g/mol. The van der Waals surface area contributed by atoms with Crippen molar-refractivity contribution in [1.29, 1.82) is 0 Å². The molecule has 0 aliphatic carbocycles. The predicted octanol–water partition coefficient (Wildman–Crippen LogP) is 0.534. The van der Waals surface area contributed by atoms with Gasteiger partial charge in [-0.05, 0) is 12.5 Å². The van der Waals surface area contributed by atoms with Crippen molar-refractivity contribution in [2.24, 2.45) is 5.73 Å². The summed E-state index contributed by atoms with van der Waals surface area (Å²) in [6, 6.07) is 8.24. The third-order valence-corrected chi connectivity index (χ3v) is 6.40. The first-order valence-electron chi connectivity index (χ1n) is 5.83. The second-order valence-corrected chi connectivity index (χ2v) is 9.38. The minimum absolute atomic E-state index is 0.374. The molecule has 0 bridgehead atoms. The number of rotatable bonds is 6. The zero-order valence-corrected chi connectivity index (χ0v) is 12.6. The molecule has 1 aromatic rings. The van der Waals surface area contributed by atoms with Crippen molar-refractivity contribution in [1.82, 2.24) is 0 Å². The fourth-order valence-corrected chi connectivity index (χ4v) is 4.74. The SMILES string of the molecule is CC(C(N)c1ccccc1)S(=O)(=O)CCS(C)(=O)=O. The maximum atomic E-state index is 12.0. The number of nitrogens with two attached hydrogens (primary N) is 1. The zero-order valence-electron chi connectivity index (χ0n) is 11.0. The molecule has 0 heterocycles. The summed E-state index contributed by atoms with van der Waals surface area (Å²) in [5.74, 6) is -0.769. The summed E-state index contributed by atoms with van der Waals surface area (Å²) in [6.45, 7) is 1.51. The molecule has 108 valence electrons. The zero-order chi connectivity index (χ0) is 14.7. The maximum Gasteiger partial charge on any atom is 0.155 e. The largest absolute Gasteiger partial charge is 0.323 e. The van der Waals surface area contributed by atoms with E-state index in [4.69, 9.17) is 5.73 Å². The van der Waals surface area contributed by atoms with E-state index in [1.54, 1.807) is 24.3 Å². The summed E-state index contributed by atoms with van der Waals surface area (Å²) in [5, 5.41) is -0.823. The lowest BCUT2D eigenvalue weighted by atomic mass is 10.1. The van der Waals surface area contributed by atoms with Crippen molar-refractivity contribution in [2.75, 3.05) is 17.8 Å². The molecule has 0 amide bonds. The van der Waals surface area contributed by atoms with E-state index in [9.17, 15) is 16.8 Å². The molecule has 2 unspecified atom stereocenters. The molecule has 0 aliphatic rings. The van der Waals surface area contributed by atoms with Crippen LogP contribution in [0.25, 0.3) is 0 Å². The first-order valence-corrected chi connectivity index (χ1v) is 9.61. The van der Waals surface area contributed by atoms with Crippen LogP contribution in [0.1, 0.15) is 18.5 Å². The van der Waals surface area contributed by atoms with Crippen LogP contribution in [-0.4, -0.2) is 39.8 Å². The maximum absolute atomic E-state index is 12.0. The quantitative estimate of drug-likeness (QED) is 0.827. The van der Waals surface area contributed by atoms with Gasteiger partial charge in [-0.3, -0.25) is 0 Å². The molecular weight excluding hydrogens is 286 g/mol. The van der Waals surface area contributed by atoms with E-state index < -0.39 is 36.7 Å². The molecule has 2 N–H and O–H groups in total. The summed E-state index contributed by atoms with van der Waals surface area (Å²) in [6.07, 6.45) is 1.02. The van der Waals surface area contributed by atoms with Crippen LogP contribution in [0.15, 0.2) is 30.3 Å². The van der Waals surface area contributed by atoms with E-state index >= 15 is 0 Å². The fraction of sp³-hybridized carbons (Fsp3) is 0.500. The molecule has 0 spiro atoms. The Hall–Kier alpha value is -0.920. The van der Waals surface area contributed by atoms with Gasteiger partial charge in [-0.15, -0.1) is 0 Å². The van der Waals surface area contributed by atoms with Crippen LogP contribution in [0.5, 0.6) is 0 Å². The Labute approximate surface area is 114 Å². The van der Waals surface area contributed by atoms with Gasteiger partial charge in [0, 0.05) is 12.3 Å². The Morgan fingerprint density at radius 2 is 1.58 bits per heavy atom. The first kappa shape index (κ1) is 16.1. The lowest BCUT2D eigenvalue weighted by Crippen LogP contribution is -2.34. The molecule has 5 nitrogen and oxygen atoms in total. The lowest BCUT2D eigenvalue weighted by molar-refractivity contribution is 0.564. The highest BCUT2D eigenvalue weighted by Crippen LogP contribution is 2.20. The van der Waals surface area contributed by atoms with E-state index in [1.165, 1.54) is 6.92 Å². The van der Waals surface area contributed by atoms with Gasteiger partial charge in [0.15, 0.2) is 9.84 Å². The number of hydrogen-bond donors (Lipinski definition) is 1. The van der Waals surface area contributed by atoms with Gasteiger partial charge >= 0.3 is 0 Å². The molecule has 0 saturated carbocycles. The van der Waals surface area contributed by atoms with E-state index in [0.717, 1.165) is 11.8 Å². The van der Waals surface area contributed by atoms with Crippen molar-refractivity contribution in [3.63, 3.8) is 0 Å². The van der Waals surface area contributed by atoms with Crippen LogP contribution in [-0.2, 0) is 19.7 Å². The lowest BCUT2D eigenvalue weighted by Gasteiger charge is -2.20. The minimum Gasteiger partial charge on any atom is -0.323 e. The average Bonchev–Trinajstić information content (AvgIpc) is 2.35. The molecule has 7 heteroatoms. The van der Waals surface area contributed by atoms with Crippen molar-refractivity contribution >= 4 is 19.7 Å². The third kappa shape index (κ3) is 4.93.